The van der Waals surface area contributed by atoms with Gasteiger partial charge in [-0.25, -0.2) is 0 Å². The van der Waals surface area contributed by atoms with Crippen molar-refractivity contribution in [1.29, 1.82) is 0 Å². The van der Waals surface area contributed by atoms with Crippen LogP contribution in [0.1, 0.15) is 24.5 Å². The summed E-state index contributed by atoms with van der Waals surface area (Å²) in [5, 5.41) is 5.63. The van der Waals surface area contributed by atoms with Crippen LogP contribution < -0.4 is 15.4 Å². The fourth-order valence-electron chi connectivity index (χ4n) is 2.64. The summed E-state index contributed by atoms with van der Waals surface area (Å²) in [4.78, 5) is 23.8. The Kier molecular flexibility index (Phi) is 4.51. The molecule has 24 heavy (non-hydrogen) atoms. The molecule has 2 amide bonds. The summed E-state index contributed by atoms with van der Waals surface area (Å²) in [6.45, 7) is 3.73. The molecular formula is C19H20N2O3. The molecule has 0 radical (unpaired) electrons. The molecule has 1 aliphatic rings. The molecule has 0 saturated carbocycles. The van der Waals surface area contributed by atoms with Gasteiger partial charge in [0.15, 0.2) is 6.10 Å². The largest absolute Gasteiger partial charge is 0.479 e. The molecule has 5 nitrogen and oxygen atoms in total. The number of rotatable bonds is 4. The van der Waals surface area contributed by atoms with Gasteiger partial charge in [0.05, 0.1) is 5.69 Å². The van der Waals surface area contributed by atoms with Crippen LogP contribution in [-0.4, -0.2) is 17.9 Å². The molecule has 0 unspecified atom stereocenters. The van der Waals surface area contributed by atoms with E-state index in [9.17, 15) is 9.59 Å². The van der Waals surface area contributed by atoms with E-state index in [1.807, 2.05) is 25.1 Å². The van der Waals surface area contributed by atoms with Gasteiger partial charge in [-0.1, -0.05) is 29.8 Å². The number of benzene rings is 2. The average Bonchev–Trinajstić information content (AvgIpc) is 2.54. The third kappa shape index (κ3) is 3.74. The molecule has 0 bridgehead atoms. The van der Waals surface area contributed by atoms with Crippen molar-refractivity contribution >= 4 is 23.2 Å². The predicted molar refractivity (Wildman–Crippen MR) is 93.3 cm³/mol. The van der Waals surface area contributed by atoms with E-state index in [2.05, 4.69) is 16.7 Å². The van der Waals surface area contributed by atoms with Crippen molar-refractivity contribution in [2.45, 2.75) is 32.8 Å². The number of carbonyl (C=O) groups is 2. The van der Waals surface area contributed by atoms with Gasteiger partial charge in [-0.05, 0) is 44.0 Å². The summed E-state index contributed by atoms with van der Waals surface area (Å²) >= 11 is 0. The van der Waals surface area contributed by atoms with Crippen LogP contribution in [0.25, 0.3) is 0 Å². The maximum atomic E-state index is 12.1. The van der Waals surface area contributed by atoms with E-state index in [1.165, 1.54) is 5.56 Å². The summed E-state index contributed by atoms with van der Waals surface area (Å²) in [6, 6.07) is 13.4. The lowest BCUT2D eigenvalue weighted by Gasteiger charge is -2.23. The first kappa shape index (κ1) is 16.1. The van der Waals surface area contributed by atoms with Gasteiger partial charge >= 0.3 is 0 Å². The standard InChI is InChI=1S/C19H20N2O3/c1-12-4-3-5-14(10-12)6-9-18(22)20-15-7-8-17-16(11-15)21-19(23)13(2)24-17/h3-5,7-8,10-11,13H,6,9H2,1-2H3,(H,20,22)(H,21,23)/t13-/m0/s1. The highest BCUT2D eigenvalue weighted by Crippen LogP contribution is 2.32. The van der Waals surface area contributed by atoms with Gasteiger partial charge < -0.3 is 15.4 Å². The molecule has 2 aromatic carbocycles. The van der Waals surface area contributed by atoms with Crippen LogP contribution in [0.3, 0.4) is 0 Å². The molecule has 1 heterocycles. The van der Waals surface area contributed by atoms with Crippen LogP contribution in [0, 0.1) is 6.92 Å². The van der Waals surface area contributed by atoms with E-state index >= 15 is 0 Å². The Morgan fingerprint density at radius 2 is 2.08 bits per heavy atom. The molecule has 0 aromatic heterocycles. The first-order chi connectivity index (χ1) is 11.5. The molecule has 0 fully saturated rings. The first-order valence-electron chi connectivity index (χ1n) is 7.98. The van der Waals surface area contributed by atoms with Crippen molar-refractivity contribution in [3.63, 3.8) is 0 Å². The summed E-state index contributed by atoms with van der Waals surface area (Å²) in [5.41, 5.74) is 3.55. The first-order valence-corrected chi connectivity index (χ1v) is 7.98. The highest BCUT2D eigenvalue weighted by atomic mass is 16.5. The molecular weight excluding hydrogens is 304 g/mol. The molecule has 124 valence electrons. The topological polar surface area (TPSA) is 67.4 Å². The smallest absolute Gasteiger partial charge is 0.265 e. The lowest BCUT2D eigenvalue weighted by atomic mass is 10.1. The Morgan fingerprint density at radius 1 is 1.25 bits per heavy atom. The van der Waals surface area contributed by atoms with Gasteiger partial charge in [-0.15, -0.1) is 0 Å². The van der Waals surface area contributed by atoms with Crippen LogP contribution in [0.2, 0.25) is 0 Å². The summed E-state index contributed by atoms with van der Waals surface area (Å²) in [6.07, 6.45) is 0.586. The van der Waals surface area contributed by atoms with Crippen LogP contribution in [0.5, 0.6) is 5.75 Å². The normalized spacial score (nSPS) is 15.9. The number of hydrogen-bond donors (Lipinski definition) is 2. The van der Waals surface area contributed by atoms with Crippen molar-refractivity contribution in [2.24, 2.45) is 0 Å². The number of ether oxygens (including phenoxy) is 1. The van der Waals surface area contributed by atoms with Crippen molar-refractivity contribution < 1.29 is 14.3 Å². The Balaban J connectivity index is 1.61. The SMILES string of the molecule is Cc1cccc(CCC(=O)Nc2ccc3c(c2)NC(=O)[C@H](C)O3)c1. The molecule has 1 aliphatic heterocycles. The molecule has 0 spiro atoms. The van der Waals surface area contributed by atoms with Crippen LogP contribution in [0.15, 0.2) is 42.5 Å². The summed E-state index contributed by atoms with van der Waals surface area (Å²) in [7, 11) is 0. The summed E-state index contributed by atoms with van der Waals surface area (Å²) in [5.74, 6) is 0.359. The minimum absolute atomic E-state index is 0.0621. The monoisotopic (exact) mass is 324 g/mol. The Hall–Kier alpha value is -2.82. The van der Waals surface area contributed by atoms with Gasteiger partial charge in [0, 0.05) is 12.1 Å². The van der Waals surface area contributed by atoms with E-state index in [-0.39, 0.29) is 11.8 Å². The fraction of sp³-hybridized carbons (Fsp3) is 0.263. The molecule has 5 heteroatoms. The van der Waals surface area contributed by atoms with Gasteiger partial charge in [-0.3, -0.25) is 9.59 Å². The minimum Gasteiger partial charge on any atom is -0.479 e. The molecule has 3 rings (SSSR count). The number of aryl methyl sites for hydroxylation is 2. The maximum Gasteiger partial charge on any atom is 0.265 e. The second-order valence-corrected chi connectivity index (χ2v) is 6.00. The van der Waals surface area contributed by atoms with E-state index in [0.717, 1.165) is 5.56 Å². The van der Waals surface area contributed by atoms with Crippen molar-refractivity contribution in [2.75, 3.05) is 10.6 Å². The van der Waals surface area contributed by atoms with Crippen LogP contribution in [0.4, 0.5) is 11.4 Å². The lowest BCUT2D eigenvalue weighted by Crippen LogP contribution is -2.34. The zero-order chi connectivity index (χ0) is 17.1. The van der Waals surface area contributed by atoms with Crippen molar-refractivity contribution in [3.05, 3.63) is 53.6 Å². The van der Waals surface area contributed by atoms with Gasteiger partial charge in [0.1, 0.15) is 5.75 Å². The van der Waals surface area contributed by atoms with Gasteiger partial charge in [0.25, 0.3) is 5.91 Å². The quantitative estimate of drug-likeness (QED) is 0.907. The van der Waals surface area contributed by atoms with E-state index in [4.69, 9.17) is 4.74 Å². The Morgan fingerprint density at radius 3 is 2.88 bits per heavy atom. The highest BCUT2D eigenvalue weighted by molar-refractivity contribution is 5.99. The van der Waals surface area contributed by atoms with Crippen LogP contribution in [-0.2, 0) is 16.0 Å². The molecule has 2 N–H and O–H groups in total. The predicted octanol–water partition coefficient (Wildman–Crippen LogP) is 3.29. The molecule has 1 atom stereocenters. The van der Waals surface area contributed by atoms with E-state index < -0.39 is 6.10 Å². The zero-order valence-electron chi connectivity index (χ0n) is 13.8. The minimum atomic E-state index is -0.507. The number of anilines is 2. The Bertz CT molecular complexity index is 786. The van der Waals surface area contributed by atoms with E-state index in [0.29, 0.717) is 30.0 Å². The van der Waals surface area contributed by atoms with Crippen molar-refractivity contribution in [1.82, 2.24) is 0 Å². The summed E-state index contributed by atoms with van der Waals surface area (Å²) < 4.78 is 5.50. The third-order valence-electron chi connectivity index (χ3n) is 3.92. The number of carbonyl (C=O) groups excluding carboxylic acids is 2. The number of hydrogen-bond acceptors (Lipinski definition) is 3. The van der Waals surface area contributed by atoms with Crippen molar-refractivity contribution in [3.8, 4) is 5.75 Å². The number of amides is 2. The average molecular weight is 324 g/mol. The fourth-order valence-corrected chi connectivity index (χ4v) is 2.64. The lowest BCUT2D eigenvalue weighted by molar-refractivity contribution is -0.122. The van der Waals surface area contributed by atoms with Gasteiger partial charge in [0.2, 0.25) is 5.91 Å². The second kappa shape index (κ2) is 6.74. The number of nitrogens with one attached hydrogen (secondary N) is 2. The van der Waals surface area contributed by atoms with Crippen LogP contribution >= 0.6 is 0 Å². The van der Waals surface area contributed by atoms with E-state index in [1.54, 1.807) is 25.1 Å². The second-order valence-electron chi connectivity index (χ2n) is 6.00. The molecule has 0 saturated heterocycles. The highest BCUT2D eigenvalue weighted by Gasteiger charge is 2.23. The third-order valence-corrected chi connectivity index (χ3v) is 3.92. The molecule has 2 aromatic rings. The molecule has 0 aliphatic carbocycles. The number of fused-ring (bicyclic) bond motifs is 1. The maximum absolute atomic E-state index is 12.1. The van der Waals surface area contributed by atoms with Gasteiger partial charge in [-0.2, -0.15) is 0 Å². The Labute approximate surface area is 141 Å². The zero-order valence-corrected chi connectivity index (χ0v) is 13.8.